The van der Waals surface area contributed by atoms with Crippen molar-refractivity contribution in [2.45, 2.75) is 34.3 Å². The SMILES string of the molecule is COc1ccc(COC(=O)[C@@H]2C(C=C(C)C)C2(C)C)cc1. The van der Waals surface area contributed by atoms with Crippen molar-refractivity contribution >= 4 is 5.97 Å². The van der Waals surface area contributed by atoms with E-state index in [1.54, 1.807) is 7.11 Å². The van der Waals surface area contributed by atoms with Crippen LogP contribution in [0.2, 0.25) is 0 Å². The molecule has 0 spiro atoms. The van der Waals surface area contributed by atoms with Gasteiger partial charge in [-0.2, -0.15) is 0 Å². The van der Waals surface area contributed by atoms with Crippen molar-refractivity contribution < 1.29 is 14.3 Å². The number of methoxy groups -OCH3 is 1. The first kappa shape index (κ1) is 15.6. The Bertz CT molecular complexity index is 536. The van der Waals surface area contributed by atoms with Crippen LogP contribution in [-0.4, -0.2) is 13.1 Å². The maximum absolute atomic E-state index is 12.2. The van der Waals surface area contributed by atoms with Crippen LogP contribution in [0.3, 0.4) is 0 Å². The Morgan fingerprint density at radius 2 is 1.86 bits per heavy atom. The van der Waals surface area contributed by atoms with E-state index in [-0.39, 0.29) is 17.3 Å². The van der Waals surface area contributed by atoms with Crippen LogP contribution in [0, 0.1) is 17.3 Å². The molecule has 1 aliphatic carbocycles. The fraction of sp³-hybridized carbons (Fsp3) is 0.500. The van der Waals surface area contributed by atoms with Crippen LogP contribution in [0.25, 0.3) is 0 Å². The molecule has 2 atom stereocenters. The van der Waals surface area contributed by atoms with Gasteiger partial charge in [0.1, 0.15) is 12.4 Å². The summed E-state index contributed by atoms with van der Waals surface area (Å²) in [5.41, 5.74) is 2.23. The first-order valence-corrected chi connectivity index (χ1v) is 7.31. The number of allylic oxidation sites excluding steroid dienone is 2. The Balaban J connectivity index is 1.92. The van der Waals surface area contributed by atoms with Gasteiger partial charge in [-0.3, -0.25) is 4.79 Å². The van der Waals surface area contributed by atoms with E-state index < -0.39 is 0 Å². The van der Waals surface area contributed by atoms with Gasteiger partial charge < -0.3 is 9.47 Å². The normalized spacial score (nSPS) is 22.3. The van der Waals surface area contributed by atoms with Gasteiger partial charge in [-0.05, 0) is 42.9 Å². The molecule has 0 amide bonds. The summed E-state index contributed by atoms with van der Waals surface area (Å²) >= 11 is 0. The first-order valence-electron chi connectivity index (χ1n) is 7.31. The number of ether oxygens (including phenoxy) is 2. The molecule has 21 heavy (non-hydrogen) atoms. The van der Waals surface area contributed by atoms with E-state index in [2.05, 4.69) is 33.8 Å². The minimum atomic E-state index is -0.0988. The molecule has 1 saturated carbocycles. The molecule has 0 N–H and O–H groups in total. The Hall–Kier alpha value is -1.77. The van der Waals surface area contributed by atoms with Gasteiger partial charge in [0.05, 0.1) is 13.0 Å². The lowest BCUT2D eigenvalue weighted by atomic mass is 10.1. The highest BCUT2D eigenvalue weighted by atomic mass is 16.5. The van der Waals surface area contributed by atoms with Crippen molar-refractivity contribution in [1.29, 1.82) is 0 Å². The van der Waals surface area contributed by atoms with Gasteiger partial charge in [0.15, 0.2) is 0 Å². The smallest absolute Gasteiger partial charge is 0.310 e. The molecule has 3 heteroatoms. The van der Waals surface area contributed by atoms with Crippen molar-refractivity contribution in [2.75, 3.05) is 7.11 Å². The van der Waals surface area contributed by atoms with Crippen molar-refractivity contribution in [3.63, 3.8) is 0 Å². The third-order valence-corrected chi connectivity index (χ3v) is 4.22. The van der Waals surface area contributed by atoms with E-state index in [1.165, 1.54) is 5.57 Å². The number of esters is 1. The molecule has 1 aromatic rings. The highest BCUT2D eigenvalue weighted by molar-refractivity contribution is 5.78. The van der Waals surface area contributed by atoms with Gasteiger partial charge in [-0.15, -0.1) is 0 Å². The summed E-state index contributed by atoms with van der Waals surface area (Å²) < 4.78 is 10.6. The molecule has 1 aromatic carbocycles. The number of carbonyl (C=O) groups is 1. The molecule has 0 heterocycles. The molecular weight excluding hydrogens is 264 g/mol. The van der Waals surface area contributed by atoms with Crippen LogP contribution in [0.5, 0.6) is 5.75 Å². The summed E-state index contributed by atoms with van der Waals surface area (Å²) in [6, 6.07) is 7.57. The molecule has 0 radical (unpaired) electrons. The highest BCUT2D eigenvalue weighted by Gasteiger charge is 2.61. The monoisotopic (exact) mass is 288 g/mol. The molecule has 0 saturated heterocycles. The summed E-state index contributed by atoms with van der Waals surface area (Å²) in [4.78, 5) is 12.2. The maximum Gasteiger partial charge on any atom is 0.310 e. The van der Waals surface area contributed by atoms with Crippen molar-refractivity contribution in [2.24, 2.45) is 17.3 Å². The average molecular weight is 288 g/mol. The molecule has 0 aliphatic heterocycles. The topological polar surface area (TPSA) is 35.5 Å². The second-order valence-electron chi connectivity index (χ2n) is 6.52. The maximum atomic E-state index is 12.2. The molecule has 0 aromatic heterocycles. The lowest BCUT2D eigenvalue weighted by Gasteiger charge is -2.06. The van der Waals surface area contributed by atoms with Crippen LogP contribution in [0.15, 0.2) is 35.9 Å². The van der Waals surface area contributed by atoms with E-state index in [9.17, 15) is 4.79 Å². The molecular formula is C18H24O3. The first-order chi connectivity index (χ1) is 9.86. The van der Waals surface area contributed by atoms with E-state index in [0.29, 0.717) is 12.5 Å². The fourth-order valence-corrected chi connectivity index (χ4v) is 2.76. The predicted molar refractivity (Wildman–Crippen MR) is 83.0 cm³/mol. The van der Waals surface area contributed by atoms with E-state index in [1.807, 2.05) is 24.3 Å². The summed E-state index contributed by atoms with van der Waals surface area (Å²) in [5, 5.41) is 0. The van der Waals surface area contributed by atoms with Crippen LogP contribution in [0.4, 0.5) is 0 Å². The van der Waals surface area contributed by atoms with E-state index in [4.69, 9.17) is 9.47 Å². The molecule has 0 bridgehead atoms. The van der Waals surface area contributed by atoms with Crippen molar-refractivity contribution in [3.05, 3.63) is 41.5 Å². The van der Waals surface area contributed by atoms with Crippen LogP contribution >= 0.6 is 0 Å². The second kappa shape index (κ2) is 5.92. The molecule has 3 nitrogen and oxygen atoms in total. The van der Waals surface area contributed by atoms with Gasteiger partial charge in [0, 0.05) is 0 Å². The quantitative estimate of drug-likeness (QED) is 0.607. The number of benzene rings is 1. The third-order valence-electron chi connectivity index (χ3n) is 4.22. The van der Waals surface area contributed by atoms with E-state index >= 15 is 0 Å². The summed E-state index contributed by atoms with van der Waals surface area (Å²) in [6.07, 6.45) is 2.18. The Morgan fingerprint density at radius 1 is 1.24 bits per heavy atom. The van der Waals surface area contributed by atoms with Crippen LogP contribution < -0.4 is 4.74 Å². The van der Waals surface area contributed by atoms with Crippen LogP contribution in [0.1, 0.15) is 33.3 Å². The van der Waals surface area contributed by atoms with Gasteiger partial charge in [-0.1, -0.05) is 37.6 Å². The minimum Gasteiger partial charge on any atom is -0.497 e. The zero-order valence-electron chi connectivity index (χ0n) is 13.5. The third kappa shape index (κ3) is 3.46. The van der Waals surface area contributed by atoms with Crippen LogP contribution in [-0.2, 0) is 16.1 Å². The number of carbonyl (C=O) groups excluding carboxylic acids is 1. The standard InChI is InChI=1S/C18H24O3/c1-12(2)10-15-16(18(15,3)4)17(19)21-11-13-6-8-14(20-5)9-7-13/h6-10,15-16H,11H2,1-5H3/t15?,16-/m0/s1. The largest absolute Gasteiger partial charge is 0.497 e. The Morgan fingerprint density at radius 3 is 2.38 bits per heavy atom. The Labute approximate surface area is 127 Å². The van der Waals surface area contributed by atoms with Gasteiger partial charge in [0.25, 0.3) is 0 Å². The van der Waals surface area contributed by atoms with Gasteiger partial charge in [-0.25, -0.2) is 0 Å². The van der Waals surface area contributed by atoms with Crippen molar-refractivity contribution in [3.8, 4) is 5.75 Å². The minimum absolute atomic E-state index is 0.00820. The fourth-order valence-electron chi connectivity index (χ4n) is 2.76. The molecule has 1 fully saturated rings. The zero-order chi connectivity index (χ0) is 15.6. The Kier molecular flexibility index (Phi) is 4.40. The van der Waals surface area contributed by atoms with Gasteiger partial charge in [0.2, 0.25) is 0 Å². The molecule has 1 aliphatic rings. The summed E-state index contributed by atoms with van der Waals surface area (Å²) in [7, 11) is 1.63. The molecule has 2 rings (SSSR count). The van der Waals surface area contributed by atoms with Crippen molar-refractivity contribution in [1.82, 2.24) is 0 Å². The molecule has 1 unspecified atom stereocenters. The number of hydrogen-bond donors (Lipinski definition) is 0. The zero-order valence-corrected chi connectivity index (χ0v) is 13.5. The highest BCUT2D eigenvalue weighted by Crippen LogP contribution is 2.59. The van der Waals surface area contributed by atoms with E-state index in [0.717, 1.165) is 11.3 Å². The predicted octanol–water partition coefficient (Wildman–Crippen LogP) is 3.98. The number of hydrogen-bond acceptors (Lipinski definition) is 3. The average Bonchev–Trinajstić information content (AvgIpc) is 2.97. The lowest BCUT2D eigenvalue weighted by Crippen LogP contribution is -2.10. The summed E-state index contributed by atoms with van der Waals surface area (Å²) in [6.45, 7) is 8.69. The molecule has 114 valence electrons. The second-order valence-corrected chi connectivity index (χ2v) is 6.52. The summed E-state index contributed by atoms with van der Waals surface area (Å²) in [5.74, 6) is 0.979. The number of rotatable bonds is 5. The van der Waals surface area contributed by atoms with Gasteiger partial charge >= 0.3 is 5.97 Å². The lowest BCUT2D eigenvalue weighted by molar-refractivity contribution is -0.147.